The van der Waals surface area contributed by atoms with Crippen LogP contribution in [0.15, 0.2) is 0 Å². The van der Waals surface area contributed by atoms with Gasteiger partial charge in [0.2, 0.25) is 0 Å². The van der Waals surface area contributed by atoms with Gasteiger partial charge in [0.15, 0.2) is 0 Å². The average molecular weight is 99.1 g/mol. The zero-order valence-electron chi connectivity index (χ0n) is 6.20. The third-order valence-electron chi connectivity index (χ3n) is 0.558. The molecule has 3 heteroatoms. The first-order chi connectivity index (χ1) is 2.41. The van der Waals surface area contributed by atoms with Crippen molar-refractivity contribution in [2.45, 2.75) is 19.8 Å². The van der Waals surface area contributed by atoms with E-state index in [-0.39, 0.29) is 25.8 Å². The third kappa shape index (κ3) is 21.0. The summed E-state index contributed by atoms with van der Waals surface area (Å²) >= 11 is 0. The van der Waals surface area contributed by atoms with Crippen LogP contribution in [0.4, 0.5) is 0 Å². The first kappa shape index (κ1) is 15.6. The van der Waals surface area contributed by atoms with Crippen molar-refractivity contribution < 1.29 is 25.8 Å². The molecule has 0 fully saturated rings. The standard InChI is InChI=1S/C4H11N.Li.H2O.H/c1-2-3-4-5;;;/h2-5H2,1H3;;1H2;/q;+1;;-1. The monoisotopic (exact) mass is 99.1 g/mol. The molecule has 0 atom stereocenters. The summed E-state index contributed by atoms with van der Waals surface area (Å²) < 4.78 is 0. The van der Waals surface area contributed by atoms with E-state index in [0.29, 0.717) is 0 Å². The summed E-state index contributed by atoms with van der Waals surface area (Å²) in [6.45, 7) is 2.98. The second-order valence-corrected chi connectivity index (χ2v) is 1.14. The fourth-order valence-corrected chi connectivity index (χ4v) is 0.204. The molecule has 0 aliphatic heterocycles. The van der Waals surface area contributed by atoms with Gasteiger partial charge in [-0.05, 0) is 13.0 Å². The second-order valence-electron chi connectivity index (χ2n) is 1.14. The summed E-state index contributed by atoms with van der Waals surface area (Å²) in [4.78, 5) is 0. The van der Waals surface area contributed by atoms with Crippen LogP contribution in [-0.2, 0) is 0 Å². The SMILES string of the molecule is CCCCN.O.[H-].[Li+]. The maximum absolute atomic E-state index is 5.14. The Labute approximate surface area is 58.4 Å². The Morgan fingerprint density at radius 3 is 2.00 bits per heavy atom. The van der Waals surface area contributed by atoms with Gasteiger partial charge in [-0.2, -0.15) is 0 Å². The normalized spacial score (nSPS) is 6.00. The molecule has 0 bridgehead atoms. The average Bonchev–Trinajstić information content (AvgIpc) is 1.41. The molecule has 4 N–H and O–H groups in total. The van der Waals surface area contributed by atoms with E-state index in [9.17, 15) is 0 Å². The van der Waals surface area contributed by atoms with E-state index >= 15 is 0 Å². The Morgan fingerprint density at radius 1 is 1.57 bits per heavy atom. The number of rotatable bonds is 2. The van der Waals surface area contributed by atoms with Crippen molar-refractivity contribution in [2.75, 3.05) is 6.54 Å². The third-order valence-corrected chi connectivity index (χ3v) is 0.558. The number of nitrogens with two attached hydrogens (primary N) is 1. The molecule has 7 heavy (non-hydrogen) atoms. The van der Waals surface area contributed by atoms with Gasteiger partial charge in [-0.1, -0.05) is 13.3 Å². The molecule has 0 aromatic rings. The first-order valence-corrected chi connectivity index (χ1v) is 2.12. The molecule has 0 radical (unpaired) electrons. The van der Waals surface area contributed by atoms with Gasteiger partial charge in [-0.25, -0.2) is 0 Å². The molecular formula is C4H14LiNO. The van der Waals surface area contributed by atoms with E-state index in [1.54, 1.807) is 0 Å². The molecule has 42 valence electrons. The summed E-state index contributed by atoms with van der Waals surface area (Å²) in [5, 5.41) is 0. The summed E-state index contributed by atoms with van der Waals surface area (Å²) in [6, 6.07) is 0. The predicted molar refractivity (Wildman–Crippen MR) is 28.7 cm³/mol. The van der Waals surface area contributed by atoms with Gasteiger partial charge in [0.05, 0.1) is 0 Å². The van der Waals surface area contributed by atoms with Gasteiger partial charge in [0.1, 0.15) is 0 Å². The Morgan fingerprint density at radius 2 is 2.00 bits per heavy atom. The molecule has 0 amide bonds. The van der Waals surface area contributed by atoms with Gasteiger partial charge in [-0.15, -0.1) is 0 Å². The first-order valence-electron chi connectivity index (χ1n) is 2.12. The maximum Gasteiger partial charge on any atom is 1.00 e. The van der Waals surface area contributed by atoms with Crippen LogP contribution in [0.25, 0.3) is 0 Å². The molecule has 0 saturated carbocycles. The Bertz CT molecular complexity index is 23.5. The minimum atomic E-state index is 0. The Kier molecular flexibility index (Phi) is 35.8. The van der Waals surface area contributed by atoms with E-state index < -0.39 is 0 Å². The van der Waals surface area contributed by atoms with Crippen LogP contribution >= 0.6 is 0 Å². The molecule has 0 spiro atoms. The van der Waals surface area contributed by atoms with E-state index in [1.165, 1.54) is 12.8 Å². The van der Waals surface area contributed by atoms with Crippen LogP contribution in [-0.4, -0.2) is 12.0 Å². The fraction of sp³-hybridized carbons (Fsp3) is 1.00. The van der Waals surface area contributed by atoms with Gasteiger partial charge >= 0.3 is 18.9 Å². The van der Waals surface area contributed by atoms with Crippen LogP contribution in [0.3, 0.4) is 0 Å². The molecule has 0 aliphatic rings. The van der Waals surface area contributed by atoms with Crippen molar-refractivity contribution in [1.29, 1.82) is 0 Å². The molecule has 2 nitrogen and oxygen atoms in total. The van der Waals surface area contributed by atoms with Crippen molar-refractivity contribution in [1.82, 2.24) is 0 Å². The molecule has 0 rings (SSSR count). The minimum absolute atomic E-state index is 0. The predicted octanol–water partition coefficient (Wildman–Crippen LogP) is -2.96. The van der Waals surface area contributed by atoms with Gasteiger partial charge in [0, 0.05) is 0 Å². The van der Waals surface area contributed by atoms with Crippen LogP contribution in [0.1, 0.15) is 21.2 Å². The van der Waals surface area contributed by atoms with Crippen molar-refractivity contribution in [3.05, 3.63) is 0 Å². The van der Waals surface area contributed by atoms with Gasteiger partial charge in [-0.3, -0.25) is 0 Å². The van der Waals surface area contributed by atoms with Crippen molar-refractivity contribution in [3.8, 4) is 0 Å². The van der Waals surface area contributed by atoms with Crippen molar-refractivity contribution in [3.63, 3.8) is 0 Å². The zero-order valence-corrected chi connectivity index (χ0v) is 5.20. The molecule has 0 saturated heterocycles. The van der Waals surface area contributed by atoms with Crippen LogP contribution < -0.4 is 24.6 Å². The quantitative estimate of drug-likeness (QED) is 0.369. The van der Waals surface area contributed by atoms with Crippen molar-refractivity contribution in [2.24, 2.45) is 5.73 Å². The summed E-state index contributed by atoms with van der Waals surface area (Å²) in [5.41, 5.74) is 5.14. The minimum Gasteiger partial charge on any atom is -1.00 e. The largest absolute Gasteiger partial charge is 1.00 e. The number of hydrogen-bond acceptors (Lipinski definition) is 1. The van der Waals surface area contributed by atoms with E-state index in [4.69, 9.17) is 5.73 Å². The van der Waals surface area contributed by atoms with E-state index in [2.05, 4.69) is 6.92 Å². The van der Waals surface area contributed by atoms with E-state index in [0.717, 1.165) is 6.54 Å². The number of hydrogen-bond donors (Lipinski definition) is 1. The molecule has 0 aromatic heterocycles. The smallest absolute Gasteiger partial charge is 1.00 e. The van der Waals surface area contributed by atoms with Gasteiger partial charge < -0.3 is 12.6 Å². The molecular weight excluding hydrogens is 85.0 g/mol. The fourth-order valence-electron chi connectivity index (χ4n) is 0.204. The van der Waals surface area contributed by atoms with Crippen LogP contribution in [0, 0.1) is 0 Å². The van der Waals surface area contributed by atoms with Crippen molar-refractivity contribution >= 4 is 0 Å². The second kappa shape index (κ2) is 16.0. The topological polar surface area (TPSA) is 57.5 Å². The molecule has 0 aliphatic carbocycles. The maximum atomic E-state index is 5.14. The van der Waals surface area contributed by atoms with E-state index in [1.807, 2.05) is 0 Å². The molecule has 0 unspecified atom stereocenters. The zero-order chi connectivity index (χ0) is 4.12. The molecule has 0 aromatic carbocycles. The summed E-state index contributed by atoms with van der Waals surface area (Å²) in [5.74, 6) is 0. The van der Waals surface area contributed by atoms with Crippen LogP contribution in [0.2, 0.25) is 0 Å². The van der Waals surface area contributed by atoms with Crippen LogP contribution in [0.5, 0.6) is 0 Å². The number of unbranched alkanes of at least 4 members (excludes halogenated alkanes) is 1. The van der Waals surface area contributed by atoms with Gasteiger partial charge in [0.25, 0.3) is 0 Å². The summed E-state index contributed by atoms with van der Waals surface area (Å²) in [7, 11) is 0. The molecule has 0 heterocycles. The Hall–Kier alpha value is 0.517. The summed E-state index contributed by atoms with van der Waals surface area (Å²) in [6.07, 6.45) is 2.39. The Balaban J connectivity index is -0.0000000267.